The number of nitrogens with zero attached hydrogens (tertiary/aromatic N) is 2. The van der Waals surface area contributed by atoms with Gasteiger partial charge in [-0.2, -0.15) is 0 Å². The van der Waals surface area contributed by atoms with Gasteiger partial charge in [0.1, 0.15) is 0 Å². The Morgan fingerprint density at radius 2 is 1.69 bits per heavy atom. The Labute approximate surface area is 153 Å². The number of hydrogen-bond acceptors (Lipinski definition) is 5. The second-order valence-corrected chi connectivity index (χ2v) is 7.49. The molecule has 0 aliphatic carbocycles. The predicted octanol–water partition coefficient (Wildman–Crippen LogP) is 3.57. The Bertz CT molecular complexity index is 1030. The van der Waals surface area contributed by atoms with Crippen molar-refractivity contribution in [2.75, 3.05) is 11.8 Å². The van der Waals surface area contributed by atoms with Crippen molar-refractivity contribution >= 4 is 15.8 Å². The summed E-state index contributed by atoms with van der Waals surface area (Å²) < 4.78 is 33.6. The summed E-state index contributed by atoms with van der Waals surface area (Å²) in [6, 6.07) is 14.5. The fourth-order valence-corrected chi connectivity index (χ4v) is 3.76. The summed E-state index contributed by atoms with van der Waals surface area (Å²) in [6.07, 6.45) is 1.48. The molecule has 134 valence electrons. The van der Waals surface area contributed by atoms with Crippen LogP contribution in [0.15, 0.2) is 59.6 Å². The molecule has 1 N–H and O–H groups in total. The zero-order valence-corrected chi connectivity index (χ0v) is 15.5. The molecule has 0 aliphatic rings. The Morgan fingerprint density at radius 3 is 2.38 bits per heavy atom. The van der Waals surface area contributed by atoms with Crippen LogP contribution < -0.4 is 9.46 Å². The number of rotatable bonds is 5. The zero-order chi connectivity index (χ0) is 18.7. The molecule has 0 saturated carbocycles. The van der Waals surface area contributed by atoms with Crippen molar-refractivity contribution in [1.29, 1.82) is 0 Å². The molecule has 26 heavy (non-hydrogen) atoms. The summed E-state index contributed by atoms with van der Waals surface area (Å²) in [6.45, 7) is 3.73. The highest BCUT2D eigenvalue weighted by molar-refractivity contribution is 7.92. The number of nitrogens with one attached hydrogen (secondary N) is 1. The van der Waals surface area contributed by atoms with E-state index in [4.69, 9.17) is 4.74 Å². The van der Waals surface area contributed by atoms with Crippen molar-refractivity contribution < 1.29 is 13.2 Å². The molecule has 2 aromatic carbocycles. The van der Waals surface area contributed by atoms with E-state index in [0.717, 1.165) is 11.1 Å². The van der Waals surface area contributed by atoms with Gasteiger partial charge < -0.3 is 4.74 Å². The van der Waals surface area contributed by atoms with Crippen molar-refractivity contribution in [1.82, 2.24) is 9.97 Å². The van der Waals surface area contributed by atoms with Crippen LogP contribution in [0, 0.1) is 13.8 Å². The van der Waals surface area contributed by atoms with E-state index in [0.29, 0.717) is 11.3 Å². The number of hydrogen-bond donors (Lipinski definition) is 1. The molecule has 0 atom stereocenters. The van der Waals surface area contributed by atoms with Gasteiger partial charge in [0, 0.05) is 5.56 Å². The van der Waals surface area contributed by atoms with Crippen molar-refractivity contribution in [2.24, 2.45) is 0 Å². The van der Waals surface area contributed by atoms with Gasteiger partial charge in [0.25, 0.3) is 15.9 Å². The first-order valence-electron chi connectivity index (χ1n) is 7.97. The number of benzene rings is 2. The van der Waals surface area contributed by atoms with E-state index in [1.54, 1.807) is 31.2 Å². The normalized spacial score (nSPS) is 11.2. The summed E-state index contributed by atoms with van der Waals surface area (Å²) in [5.74, 6) is 0.179. The second-order valence-electron chi connectivity index (χ2n) is 5.84. The minimum Gasteiger partial charge on any atom is -0.478 e. The maximum Gasteiger partial charge on any atom is 0.263 e. The van der Waals surface area contributed by atoms with Gasteiger partial charge in [0.2, 0.25) is 5.82 Å². The highest BCUT2D eigenvalue weighted by Gasteiger charge is 2.22. The van der Waals surface area contributed by atoms with Crippen molar-refractivity contribution in [3.05, 3.63) is 66.0 Å². The quantitative estimate of drug-likeness (QED) is 0.743. The number of aromatic nitrogens is 2. The van der Waals surface area contributed by atoms with Gasteiger partial charge in [-0.1, -0.05) is 48.0 Å². The van der Waals surface area contributed by atoms with Gasteiger partial charge in [-0.05, 0) is 25.5 Å². The fraction of sp³-hybridized carbons (Fsp3) is 0.158. The van der Waals surface area contributed by atoms with Gasteiger partial charge in [0.15, 0.2) is 0 Å². The Kier molecular flexibility index (Phi) is 4.90. The Morgan fingerprint density at radius 1 is 1.00 bits per heavy atom. The van der Waals surface area contributed by atoms with E-state index in [9.17, 15) is 8.42 Å². The first kappa shape index (κ1) is 17.9. The first-order valence-corrected chi connectivity index (χ1v) is 9.45. The van der Waals surface area contributed by atoms with E-state index >= 15 is 0 Å². The average molecular weight is 369 g/mol. The molecule has 3 aromatic rings. The second kappa shape index (κ2) is 7.13. The van der Waals surface area contributed by atoms with E-state index < -0.39 is 10.0 Å². The number of ether oxygens (including phenoxy) is 1. The molecule has 1 aromatic heterocycles. The highest BCUT2D eigenvalue weighted by Crippen LogP contribution is 2.30. The van der Waals surface area contributed by atoms with Crippen LogP contribution in [0.3, 0.4) is 0 Å². The third kappa shape index (κ3) is 3.67. The summed E-state index contributed by atoms with van der Waals surface area (Å²) in [5, 5.41) is 0. The van der Waals surface area contributed by atoms with Gasteiger partial charge >= 0.3 is 0 Å². The van der Waals surface area contributed by atoms with Gasteiger partial charge in [0.05, 0.1) is 23.9 Å². The molecule has 0 bridgehead atoms. The summed E-state index contributed by atoms with van der Waals surface area (Å²) >= 11 is 0. The minimum atomic E-state index is -3.88. The predicted molar refractivity (Wildman–Crippen MR) is 101 cm³/mol. The maximum atomic E-state index is 13.0. The summed E-state index contributed by atoms with van der Waals surface area (Å²) in [7, 11) is -2.46. The standard InChI is InChI=1S/C19H19N3O3S/c1-13-8-10-15(11-9-13)16-6-4-5-7-17(16)26(23,24)22-18-19(25-3)21-14(2)12-20-18/h4-12H,1-3H3,(H,20,22). The van der Waals surface area contributed by atoms with E-state index in [1.807, 2.05) is 31.2 Å². The van der Waals surface area contributed by atoms with Crippen molar-refractivity contribution in [3.8, 4) is 17.0 Å². The third-order valence-corrected chi connectivity index (χ3v) is 5.22. The van der Waals surface area contributed by atoms with E-state index in [2.05, 4.69) is 14.7 Å². The Balaban J connectivity index is 2.05. The highest BCUT2D eigenvalue weighted by atomic mass is 32.2. The SMILES string of the molecule is COc1nc(C)cnc1NS(=O)(=O)c1ccccc1-c1ccc(C)cc1. The van der Waals surface area contributed by atoms with Crippen LogP contribution in [0.2, 0.25) is 0 Å². The van der Waals surface area contributed by atoms with Crippen LogP contribution in [-0.2, 0) is 10.0 Å². The van der Waals surface area contributed by atoms with Crippen molar-refractivity contribution in [3.63, 3.8) is 0 Å². The number of sulfonamides is 1. The molecule has 6 nitrogen and oxygen atoms in total. The molecule has 1 heterocycles. The third-order valence-electron chi connectivity index (χ3n) is 3.82. The lowest BCUT2D eigenvalue weighted by molar-refractivity contribution is 0.397. The van der Waals surface area contributed by atoms with E-state index in [-0.39, 0.29) is 16.6 Å². The van der Waals surface area contributed by atoms with Crippen LogP contribution in [0.4, 0.5) is 5.82 Å². The molecule has 0 unspecified atom stereocenters. The number of anilines is 1. The molecule has 3 rings (SSSR count). The van der Waals surface area contributed by atoms with Crippen LogP contribution in [0.1, 0.15) is 11.3 Å². The smallest absolute Gasteiger partial charge is 0.263 e. The lowest BCUT2D eigenvalue weighted by Gasteiger charge is -2.13. The first-order chi connectivity index (χ1) is 12.4. The van der Waals surface area contributed by atoms with Crippen LogP contribution in [0.5, 0.6) is 5.88 Å². The fourth-order valence-electron chi connectivity index (χ4n) is 2.52. The number of methoxy groups -OCH3 is 1. The van der Waals surface area contributed by atoms with Gasteiger partial charge in [-0.15, -0.1) is 0 Å². The summed E-state index contributed by atoms with van der Waals surface area (Å²) in [4.78, 5) is 8.40. The van der Waals surface area contributed by atoms with Crippen LogP contribution in [-0.4, -0.2) is 25.5 Å². The molecule has 7 heteroatoms. The molecular formula is C19H19N3O3S. The zero-order valence-electron chi connectivity index (χ0n) is 14.7. The van der Waals surface area contributed by atoms with Gasteiger partial charge in [-0.3, -0.25) is 4.72 Å². The lowest BCUT2D eigenvalue weighted by atomic mass is 10.0. The van der Waals surface area contributed by atoms with Crippen LogP contribution in [0.25, 0.3) is 11.1 Å². The Hall–Kier alpha value is -2.93. The molecule has 0 fully saturated rings. The molecule has 0 spiro atoms. The molecule has 0 saturated heterocycles. The topological polar surface area (TPSA) is 81.2 Å². The average Bonchev–Trinajstić information content (AvgIpc) is 2.63. The molecule has 0 aliphatic heterocycles. The van der Waals surface area contributed by atoms with Gasteiger partial charge in [-0.25, -0.2) is 18.4 Å². The lowest BCUT2D eigenvalue weighted by Crippen LogP contribution is -2.16. The minimum absolute atomic E-state index is 0.0526. The molecule has 0 amide bonds. The molecule has 0 radical (unpaired) electrons. The maximum absolute atomic E-state index is 13.0. The molecular weight excluding hydrogens is 350 g/mol. The van der Waals surface area contributed by atoms with E-state index in [1.165, 1.54) is 13.3 Å². The summed E-state index contributed by atoms with van der Waals surface area (Å²) in [5.41, 5.74) is 3.16. The monoisotopic (exact) mass is 369 g/mol. The largest absolute Gasteiger partial charge is 0.478 e. The van der Waals surface area contributed by atoms with Crippen LogP contribution >= 0.6 is 0 Å². The van der Waals surface area contributed by atoms with Crippen molar-refractivity contribution in [2.45, 2.75) is 18.7 Å². The number of aryl methyl sites for hydroxylation is 2.